The molecule has 2 aromatic rings. The molecule has 1 amide bonds. The van der Waals surface area contributed by atoms with Crippen molar-refractivity contribution in [2.75, 3.05) is 24.3 Å². The number of hydrogen-bond acceptors (Lipinski definition) is 4. The molecule has 106 valence electrons. The van der Waals surface area contributed by atoms with Gasteiger partial charge in [-0.2, -0.15) is 5.26 Å². The molecule has 0 atom stereocenters. The summed E-state index contributed by atoms with van der Waals surface area (Å²) >= 11 is 0. The van der Waals surface area contributed by atoms with Gasteiger partial charge >= 0.3 is 0 Å². The Morgan fingerprint density at radius 2 is 1.90 bits per heavy atom. The number of nitrogens with one attached hydrogen (secondary N) is 2. The van der Waals surface area contributed by atoms with Crippen molar-refractivity contribution in [2.24, 2.45) is 0 Å². The van der Waals surface area contributed by atoms with Gasteiger partial charge in [0.2, 0.25) is 5.91 Å². The van der Waals surface area contributed by atoms with Gasteiger partial charge < -0.3 is 15.4 Å². The van der Waals surface area contributed by atoms with Crippen LogP contribution in [0.25, 0.3) is 0 Å². The lowest BCUT2D eigenvalue weighted by Crippen LogP contribution is -2.21. The van der Waals surface area contributed by atoms with E-state index in [1.54, 1.807) is 31.4 Å². The lowest BCUT2D eigenvalue weighted by atomic mass is 10.2. The van der Waals surface area contributed by atoms with E-state index in [9.17, 15) is 4.79 Å². The summed E-state index contributed by atoms with van der Waals surface area (Å²) in [7, 11) is 1.58. The number of carbonyl (C=O) groups excluding carboxylic acids is 1. The second kappa shape index (κ2) is 6.96. The number of nitrogens with zero attached hydrogens (tertiary/aromatic N) is 1. The lowest BCUT2D eigenvalue weighted by Gasteiger charge is -2.11. The van der Waals surface area contributed by atoms with Gasteiger partial charge in [0.25, 0.3) is 0 Å². The number of ether oxygens (including phenoxy) is 1. The van der Waals surface area contributed by atoms with Crippen LogP contribution in [-0.2, 0) is 4.79 Å². The molecule has 0 saturated heterocycles. The Labute approximate surface area is 123 Å². The van der Waals surface area contributed by atoms with E-state index < -0.39 is 0 Å². The number of methoxy groups -OCH3 is 1. The third-order valence-electron chi connectivity index (χ3n) is 2.84. The minimum atomic E-state index is -0.175. The van der Waals surface area contributed by atoms with E-state index in [-0.39, 0.29) is 12.5 Å². The van der Waals surface area contributed by atoms with Gasteiger partial charge in [-0.1, -0.05) is 12.1 Å². The van der Waals surface area contributed by atoms with E-state index in [0.29, 0.717) is 17.0 Å². The second-order valence-electron chi connectivity index (χ2n) is 4.29. The number of hydrogen-bond donors (Lipinski definition) is 2. The molecule has 2 N–H and O–H groups in total. The Kier molecular flexibility index (Phi) is 4.78. The van der Waals surface area contributed by atoms with Crippen LogP contribution >= 0.6 is 0 Å². The number of amides is 1. The molecule has 0 bridgehead atoms. The van der Waals surface area contributed by atoms with Crippen molar-refractivity contribution in [2.45, 2.75) is 0 Å². The molecule has 0 aliphatic heterocycles. The van der Waals surface area contributed by atoms with Gasteiger partial charge in [0.05, 0.1) is 31.0 Å². The number of benzene rings is 2. The molecular formula is C16H15N3O2. The highest BCUT2D eigenvalue weighted by Gasteiger charge is 2.05. The number of rotatable bonds is 5. The standard InChI is InChI=1S/C16H15N3O2/c1-21-15-5-3-2-4-14(15)18-11-16(20)19-13-8-6-12(10-17)7-9-13/h2-9,18H,11H2,1H3,(H,19,20). The molecule has 5 heteroatoms. The fourth-order valence-electron chi connectivity index (χ4n) is 1.80. The summed E-state index contributed by atoms with van der Waals surface area (Å²) < 4.78 is 5.20. The molecule has 2 rings (SSSR count). The first-order valence-electron chi connectivity index (χ1n) is 6.40. The Bertz CT molecular complexity index is 660. The smallest absolute Gasteiger partial charge is 0.243 e. The molecule has 0 saturated carbocycles. The van der Waals surface area contributed by atoms with Crippen molar-refractivity contribution in [3.63, 3.8) is 0 Å². The first-order chi connectivity index (χ1) is 10.2. The fourth-order valence-corrected chi connectivity index (χ4v) is 1.80. The monoisotopic (exact) mass is 281 g/mol. The Morgan fingerprint density at radius 1 is 1.19 bits per heavy atom. The molecule has 21 heavy (non-hydrogen) atoms. The average Bonchev–Trinajstić information content (AvgIpc) is 2.54. The van der Waals surface area contributed by atoms with Crippen molar-refractivity contribution >= 4 is 17.3 Å². The summed E-state index contributed by atoms with van der Waals surface area (Å²) in [5.74, 6) is 0.509. The van der Waals surface area contributed by atoms with E-state index in [0.717, 1.165) is 5.69 Å². The van der Waals surface area contributed by atoms with Gasteiger partial charge in [-0.05, 0) is 36.4 Å². The van der Waals surface area contributed by atoms with Crippen LogP contribution in [0.1, 0.15) is 5.56 Å². The zero-order valence-electron chi connectivity index (χ0n) is 11.6. The summed E-state index contributed by atoms with van der Waals surface area (Å²) in [5, 5.41) is 14.5. The first-order valence-corrected chi connectivity index (χ1v) is 6.40. The van der Waals surface area contributed by atoms with E-state index in [1.807, 2.05) is 30.3 Å². The largest absolute Gasteiger partial charge is 0.495 e. The summed E-state index contributed by atoms with van der Waals surface area (Å²) in [4.78, 5) is 11.9. The minimum absolute atomic E-state index is 0.125. The maximum absolute atomic E-state index is 11.9. The van der Waals surface area contributed by atoms with Crippen LogP contribution in [0.3, 0.4) is 0 Å². The van der Waals surface area contributed by atoms with Crippen molar-refractivity contribution in [3.8, 4) is 11.8 Å². The Balaban J connectivity index is 1.91. The molecule has 0 radical (unpaired) electrons. The highest BCUT2D eigenvalue weighted by Crippen LogP contribution is 2.22. The minimum Gasteiger partial charge on any atom is -0.495 e. The summed E-state index contributed by atoms with van der Waals surface area (Å²) in [6.45, 7) is 0.125. The Morgan fingerprint density at radius 3 is 2.57 bits per heavy atom. The highest BCUT2D eigenvalue weighted by molar-refractivity contribution is 5.93. The maximum atomic E-state index is 11.9. The van der Waals surface area contributed by atoms with Gasteiger partial charge in [-0.3, -0.25) is 4.79 Å². The van der Waals surface area contributed by atoms with Crippen molar-refractivity contribution in [1.29, 1.82) is 5.26 Å². The SMILES string of the molecule is COc1ccccc1NCC(=O)Nc1ccc(C#N)cc1. The number of carbonyl (C=O) groups is 1. The summed E-state index contributed by atoms with van der Waals surface area (Å²) in [6, 6.07) is 16.1. The van der Waals surface area contributed by atoms with Crippen molar-refractivity contribution < 1.29 is 9.53 Å². The summed E-state index contributed by atoms with van der Waals surface area (Å²) in [5.41, 5.74) is 1.97. The van der Waals surface area contributed by atoms with Crippen LogP contribution in [0.15, 0.2) is 48.5 Å². The zero-order chi connectivity index (χ0) is 15.1. The molecule has 0 aliphatic rings. The van der Waals surface area contributed by atoms with Gasteiger partial charge in [0.1, 0.15) is 5.75 Å². The van der Waals surface area contributed by atoms with Crippen LogP contribution < -0.4 is 15.4 Å². The predicted octanol–water partition coefficient (Wildman–Crippen LogP) is 2.62. The molecule has 5 nitrogen and oxygen atoms in total. The van der Waals surface area contributed by atoms with Gasteiger partial charge in [0.15, 0.2) is 0 Å². The summed E-state index contributed by atoms with van der Waals surface area (Å²) in [6.07, 6.45) is 0. The highest BCUT2D eigenvalue weighted by atomic mass is 16.5. The molecule has 2 aromatic carbocycles. The van der Waals surface area contributed by atoms with E-state index >= 15 is 0 Å². The maximum Gasteiger partial charge on any atom is 0.243 e. The van der Waals surface area contributed by atoms with Crippen molar-refractivity contribution in [3.05, 3.63) is 54.1 Å². The van der Waals surface area contributed by atoms with E-state index in [1.165, 1.54) is 0 Å². The topological polar surface area (TPSA) is 74.2 Å². The molecular weight excluding hydrogens is 266 g/mol. The second-order valence-corrected chi connectivity index (χ2v) is 4.29. The van der Waals surface area contributed by atoms with Crippen LogP contribution in [0.4, 0.5) is 11.4 Å². The quantitative estimate of drug-likeness (QED) is 0.883. The number of para-hydroxylation sites is 2. The third kappa shape index (κ3) is 3.98. The fraction of sp³-hybridized carbons (Fsp3) is 0.125. The molecule has 0 heterocycles. The first kappa shape index (κ1) is 14.4. The molecule has 0 fully saturated rings. The Hall–Kier alpha value is -3.00. The predicted molar refractivity (Wildman–Crippen MR) is 81.3 cm³/mol. The third-order valence-corrected chi connectivity index (χ3v) is 2.84. The zero-order valence-corrected chi connectivity index (χ0v) is 11.6. The van der Waals surface area contributed by atoms with Crippen molar-refractivity contribution in [1.82, 2.24) is 0 Å². The molecule has 0 aromatic heterocycles. The average molecular weight is 281 g/mol. The van der Waals surface area contributed by atoms with Gasteiger partial charge in [-0.15, -0.1) is 0 Å². The molecule has 0 spiro atoms. The lowest BCUT2D eigenvalue weighted by molar-refractivity contribution is -0.114. The van der Waals surface area contributed by atoms with Crippen LogP contribution in [0.5, 0.6) is 5.75 Å². The normalized spacial score (nSPS) is 9.52. The van der Waals surface area contributed by atoms with Crippen LogP contribution in [0.2, 0.25) is 0 Å². The van der Waals surface area contributed by atoms with E-state index in [4.69, 9.17) is 10.00 Å². The number of anilines is 2. The van der Waals surface area contributed by atoms with Gasteiger partial charge in [0, 0.05) is 5.69 Å². The van der Waals surface area contributed by atoms with Crippen LogP contribution in [0, 0.1) is 11.3 Å². The van der Waals surface area contributed by atoms with E-state index in [2.05, 4.69) is 10.6 Å². The van der Waals surface area contributed by atoms with Gasteiger partial charge in [-0.25, -0.2) is 0 Å². The molecule has 0 unspecified atom stereocenters. The van der Waals surface area contributed by atoms with Crippen LogP contribution in [-0.4, -0.2) is 19.6 Å². The number of nitriles is 1. The molecule has 0 aliphatic carbocycles.